The minimum Gasteiger partial charge on any atom is -0.460 e. The molecule has 79 heavy (non-hydrogen) atoms. The van der Waals surface area contributed by atoms with Crippen molar-refractivity contribution in [2.75, 3.05) is 27.9 Å². The number of aliphatic hydroxyl groups excluding tert-OH is 1. The lowest BCUT2D eigenvalue weighted by molar-refractivity contribution is -0.265. The van der Waals surface area contributed by atoms with E-state index >= 15 is 0 Å². The zero-order chi connectivity index (χ0) is 57.8. The lowest BCUT2D eigenvalue weighted by Gasteiger charge is -2.46. The molecule has 17 atom stereocenters. The number of ether oxygens (including phenoxy) is 7. The molecule has 1 aromatic rings. The summed E-state index contributed by atoms with van der Waals surface area (Å²) in [6.45, 7) is 17.1. The minimum atomic E-state index is -2.44. The summed E-state index contributed by atoms with van der Waals surface area (Å²) in [6, 6.07) is 9.13. The highest BCUT2D eigenvalue weighted by Crippen LogP contribution is 2.42. The van der Waals surface area contributed by atoms with Crippen molar-refractivity contribution in [1.29, 1.82) is 0 Å². The Bertz CT molecular complexity index is 2330. The molecule has 4 fully saturated rings. The monoisotopic (exact) mass is 1100 g/mol. The Hall–Kier alpha value is -4.19. The number of allylic oxidation sites excluding steroid dienone is 6. The number of amides is 1. The van der Waals surface area contributed by atoms with Gasteiger partial charge in [0.1, 0.15) is 30.1 Å². The first-order valence-corrected chi connectivity index (χ1v) is 29.4. The maximum absolute atomic E-state index is 14.7. The molecule has 1 amide bonds. The van der Waals surface area contributed by atoms with Crippen LogP contribution in [0.25, 0.3) is 0 Å². The number of benzene rings is 1. The van der Waals surface area contributed by atoms with Crippen molar-refractivity contribution in [1.82, 2.24) is 4.90 Å². The summed E-state index contributed by atoms with van der Waals surface area (Å²) in [7, 11) is 4.68. The number of cyclic esters (lactones) is 1. The van der Waals surface area contributed by atoms with Crippen LogP contribution >= 0.6 is 0 Å². The molecule has 3 saturated heterocycles. The van der Waals surface area contributed by atoms with Crippen LogP contribution in [0, 0.1) is 35.5 Å². The third-order valence-electron chi connectivity index (χ3n) is 17.9. The lowest BCUT2D eigenvalue weighted by Crippen LogP contribution is -2.61. The van der Waals surface area contributed by atoms with Crippen LogP contribution in [0.3, 0.4) is 0 Å². The molecule has 4 aliphatic heterocycles. The van der Waals surface area contributed by atoms with E-state index in [1.807, 2.05) is 76.3 Å². The van der Waals surface area contributed by atoms with Crippen LogP contribution in [0.1, 0.15) is 164 Å². The van der Waals surface area contributed by atoms with Crippen molar-refractivity contribution in [2.24, 2.45) is 35.5 Å². The van der Waals surface area contributed by atoms with E-state index in [2.05, 4.69) is 26.0 Å². The van der Waals surface area contributed by atoms with E-state index in [1.54, 1.807) is 41.1 Å². The van der Waals surface area contributed by atoms with Crippen LogP contribution in [-0.2, 0) is 57.1 Å². The summed E-state index contributed by atoms with van der Waals surface area (Å²) in [6.07, 6.45) is 13.7. The molecule has 15 heteroatoms. The smallest absolute Gasteiger partial charge is 0.329 e. The zero-order valence-electron chi connectivity index (χ0n) is 49.4. The molecule has 1 aliphatic carbocycles. The Morgan fingerprint density at radius 1 is 0.785 bits per heavy atom. The average Bonchev–Trinajstić information content (AvgIpc) is 3.44. The number of esters is 1. The van der Waals surface area contributed by atoms with Gasteiger partial charge in [-0.05, 0) is 139 Å². The van der Waals surface area contributed by atoms with Crippen LogP contribution in [0.5, 0.6) is 0 Å². The molecule has 5 aliphatic rings. The van der Waals surface area contributed by atoms with Gasteiger partial charge in [0.05, 0.1) is 42.2 Å². The minimum absolute atomic E-state index is 0.0116. The van der Waals surface area contributed by atoms with Crippen LogP contribution in [0.15, 0.2) is 77.9 Å². The van der Waals surface area contributed by atoms with Gasteiger partial charge in [-0.15, -0.1) is 0 Å². The fraction of sp³-hybridized carbons (Fsp3) is 0.703. The number of Topliss-reactive ketones (excluding diaryl/α,β-unsaturated/α-hetero) is 3. The summed E-state index contributed by atoms with van der Waals surface area (Å²) in [4.78, 5) is 73.1. The van der Waals surface area contributed by atoms with Crippen LogP contribution < -0.4 is 0 Å². The van der Waals surface area contributed by atoms with Gasteiger partial charge in [0.15, 0.2) is 5.78 Å². The Kier molecular flexibility index (Phi) is 23.6. The highest BCUT2D eigenvalue weighted by molar-refractivity contribution is 6.39. The topological polar surface area (TPSA) is 194 Å². The third kappa shape index (κ3) is 16.5. The highest BCUT2D eigenvalue weighted by Gasteiger charge is 2.53. The van der Waals surface area contributed by atoms with Gasteiger partial charge in [0, 0.05) is 58.5 Å². The maximum Gasteiger partial charge on any atom is 0.329 e. The van der Waals surface area contributed by atoms with Gasteiger partial charge in [-0.1, -0.05) is 101 Å². The number of carbonyl (C=O) groups excluding carboxylic acids is 5. The van der Waals surface area contributed by atoms with E-state index in [0.717, 1.165) is 36.8 Å². The molecule has 1 aromatic carbocycles. The fourth-order valence-electron chi connectivity index (χ4n) is 12.8. The Morgan fingerprint density at radius 2 is 1.52 bits per heavy atom. The number of hydrogen-bond acceptors (Lipinski definition) is 14. The lowest BCUT2D eigenvalue weighted by atomic mass is 9.78. The standard InChI is InChI=1S/C64H95NO14/c1-39-21-15-13-16-22-40(2)53(73-10)37-48-28-26-45(7)64(72,78-48)60(69)61(70)65-32-20-19-25-49(65)62(71)77-54(38-50(66)41(3)34-44(6)58(68)59(75-12)57(67)43(5)33-39)42(4)35-46-27-29-52(55(36-46)74-11)76-56-31-30-51(79-63(56,8)9)47-23-17-14-18-24-47/h13-18,21-24,34,39,41-43,45-46,48-49,51-56,58-59,68,72H,19-20,25-33,35-38H2,1-12H3/b16-13+,21-15+,40-22+,44-34+/t39-,41-,42+,43-,45-,46?,48+,49+,51-,52?,53+,54+,55?,56?,58?,59+,64-/m1/s1. The number of piperidine rings is 1. The molecule has 15 nitrogen and oxygen atoms in total. The molecule has 0 spiro atoms. The van der Waals surface area contributed by atoms with Crippen molar-refractivity contribution >= 4 is 29.2 Å². The van der Waals surface area contributed by atoms with E-state index in [4.69, 9.17) is 33.2 Å². The van der Waals surface area contributed by atoms with Gasteiger partial charge in [0.2, 0.25) is 5.79 Å². The predicted molar refractivity (Wildman–Crippen MR) is 301 cm³/mol. The second-order valence-corrected chi connectivity index (χ2v) is 24.4. The molecule has 1 saturated carbocycles. The second-order valence-electron chi connectivity index (χ2n) is 24.4. The fourth-order valence-corrected chi connectivity index (χ4v) is 12.8. The number of nitrogens with zero attached hydrogens (tertiary/aromatic N) is 1. The van der Waals surface area contributed by atoms with Crippen LogP contribution in [-0.4, -0.2) is 138 Å². The van der Waals surface area contributed by atoms with Crippen LogP contribution in [0.2, 0.25) is 0 Å². The highest BCUT2D eigenvalue weighted by atomic mass is 16.6. The summed E-state index contributed by atoms with van der Waals surface area (Å²) in [5, 5.41) is 23.7. The molecule has 4 heterocycles. The molecule has 6 rings (SSSR count). The zero-order valence-corrected chi connectivity index (χ0v) is 49.4. The van der Waals surface area contributed by atoms with E-state index in [-0.39, 0.29) is 73.1 Å². The molecule has 2 N–H and O–H groups in total. The molecular weight excluding hydrogens is 1010 g/mol. The SMILES string of the molecule is COC1CC(C[C@H](C)[C@@H]2CC(=O)[C@H](C)/C=C(\C)C(O)[C@@H](OC)C(=O)[C@H](C)C[C@H](C)/C=C/C=C/C=C(\C)[C@@H](OC)C[C@@H]3CC[C@@H](C)[C@@](O)(O3)C(=O)C(=O)N3CCCC[C@H]3C(=O)O2)CCC1OC1CC[C@H](c2ccccc2)OC1(C)C. The van der Waals surface area contributed by atoms with Gasteiger partial charge >= 0.3 is 5.97 Å². The third-order valence-corrected chi connectivity index (χ3v) is 17.9. The van der Waals surface area contributed by atoms with E-state index < -0.39 is 83.4 Å². The Balaban J connectivity index is 1.25. The van der Waals surface area contributed by atoms with Crippen LogP contribution in [0.4, 0.5) is 0 Å². The normalized spacial score (nSPS) is 39.0. The first-order valence-electron chi connectivity index (χ1n) is 29.4. The van der Waals surface area contributed by atoms with Crippen molar-refractivity contribution in [3.63, 3.8) is 0 Å². The first-order chi connectivity index (χ1) is 37.5. The molecule has 2 bridgehead atoms. The van der Waals surface area contributed by atoms with Gasteiger partial charge < -0.3 is 48.3 Å². The Morgan fingerprint density at radius 3 is 2.20 bits per heavy atom. The number of aliphatic hydroxyl groups is 2. The van der Waals surface area contributed by atoms with Gasteiger partial charge in [-0.3, -0.25) is 19.2 Å². The van der Waals surface area contributed by atoms with Gasteiger partial charge in [-0.2, -0.15) is 0 Å². The summed E-state index contributed by atoms with van der Waals surface area (Å²) >= 11 is 0. The number of fused-ring (bicyclic) bond motifs is 3. The number of ketones is 3. The second kappa shape index (κ2) is 29.2. The quantitative estimate of drug-likeness (QED) is 0.135. The van der Waals surface area contributed by atoms with Crippen molar-refractivity contribution in [3.8, 4) is 0 Å². The summed E-state index contributed by atoms with van der Waals surface area (Å²) in [5.41, 5.74) is 1.90. The van der Waals surface area contributed by atoms with Crippen molar-refractivity contribution in [2.45, 2.75) is 225 Å². The van der Waals surface area contributed by atoms with E-state index in [9.17, 15) is 34.2 Å². The predicted octanol–water partition coefficient (Wildman–Crippen LogP) is 9.90. The largest absolute Gasteiger partial charge is 0.460 e. The van der Waals surface area contributed by atoms with Crippen molar-refractivity contribution < 1.29 is 67.3 Å². The maximum atomic E-state index is 14.7. The van der Waals surface area contributed by atoms with E-state index in [0.29, 0.717) is 56.9 Å². The number of carbonyl (C=O) groups is 5. The average molecular weight is 1100 g/mol. The number of rotatable bonds is 9. The molecule has 0 radical (unpaired) electrons. The van der Waals surface area contributed by atoms with Gasteiger partial charge in [-0.25, -0.2) is 4.79 Å². The molecule has 0 aromatic heterocycles. The number of hydrogen-bond donors (Lipinski definition) is 2. The Labute approximate surface area is 471 Å². The molecule has 5 unspecified atom stereocenters. The number of methoxy groups -OCH3 is 3. The van der Waals surface area contributed by atoms with Crippen molar-refractivity contribution in [3.05, 3.63) is 83.5 Å². The first kappa shape index (κ1) is 64.0. The molecule has 440 valence electrons. The molecular formula is C64H95NO14. The van der Waals surface area contributed by atoms with E-state index in [1.165, 1.54) is 12.0 Å². The summed E-state index contributed by atoms with van der Waals surface area (Å²) < 4.78 is 43.8. The summed E-state index contributed by atoms with van der Waals surface area (Å²) in [5.74, 6) is -7.95. The van der Waals surface area contributed by atoms with Gasteiger partial charge in [0.25, 0.3) is 11.7 Å².